The van der Waals surface area contributed by atoms with Crippen LogP contribution < -0.4 is 20.9 Å². The highest BCUT2D eigenvalue weighted by Gasteiger charge is 2.25. The zero-order valence-corrected chi connectivity index (χ0v) is 21.4. The third-order valence-electron chi connectivity index (χ3n) is 4.82. The molecule has 1 aromatic heterocycles. The van der Waals surface area contributed by atoms with Gasteiger partial charge in [-0.15, -0.1) is 11.3 Å². The maximum atomic E-state index is 12.6. The number of ether oxygens (including phenoxy) is 2. The number of anilines is 1. The predicted molar refractivity (Wildman–Crippen MR) is 140 cm³/mol. The van der Waals surface area contributed by atoms with Gasteiger partial charge in [0.15, 0.2) is 11.2 Å². The molecule has 0 spiro atoms. The molecular weight excluding hydrogens is 494 g/mol. The van der Waals surface area contributed by atoms with Crippen molar-refractivity contribution in [1.82, 2.24) is 10.9 Å². The Balaban J connectivity index is 1.68. The molecule has 0 aliphatic heterocycles. The molecule has 3 rings (SSSR count). The van der Waals surface area contributed by atoms with Crippen molar-refractivity contribution in [2.75, 3.05) is 12.4 Å². The number of nitrogens with one attached hydrogen (secondary N) is 3. The minimum atomic E-state index is -0.839. The summed E-state index contributed by atoms with van der Waals surface area (Å²) in [6, 6.07) is 14.9. The number of carbonyl (C=O) groups is 2. The number of methoxy groups -OCH3 is 1. The highest BCUT2D eigenvalue weighted by molar-refractivity contribution is 7.80. The fourth-order valence-electron chi connectivity index (χ4n) is 3.18. The Hall–Kier alpha value is -3.14. The lowest BCUT2D eigenvalue weighted by Gasteiger charge is -2.17. The predicted octanol–water partition coefficient (Wildman–Crippen LogP) is 5.26. The number of hydrogen-bond donors (Lipinski definition) is 3. The summed E-state index contributed by atoms with van der Waals surface area (Å²) in [6.07, 6.45) is -0.839. The SMILES string of the molecule is COC(=O)c1c(NC(=S)NNC(=O)[C@@H](C)Oc2cc(C)ccc2Cl)sc(C)c1-c1ccccc1. The molecule has 178 valence electrons. The van der Waals surface area contributed by atoms with E-state index in [2.05, 4.69) is 16.2 Å². The summed E-state index contributed by atoms with van der Waals surface area (Å²) < 4.78 is 10.7. The van der Waals surface area contributed by atoms with E-state index in [1.807, 2.05) is 50.2 Å². The second-order valence-electron chi connectivity index (χ2n) is 7.36. The number of thiophene rings is 1. The molecule has 1 amide bonds. The zero-order chi connectivity index (χ0) is 24.8. The fraction of sp³-hybridized carbons (Fsp3) is 0.208. The molecule has 3 aromatic rings. The number of halogens is 1. The molecule has 1 atom stereocenters. The van der Waals surface area contributed by atoms with Gasteiger partial charge >= 0.3 is 5.97 Å². The third-order valence-corrected chi connectivity index (χ3v) is 6.36. The number of carbonyl (C=O) groups excluding carboxylic acids is 2. The first-order valence-corrected chi connectivity index (χ1v) is 11.9. The van der Waals surface area contributed by atoms with E-state index in [9.17, 15) is 9.59 Å². The minimum Gasteiger partial charge on any atom is -0.479 e. The van der Waals surface area contributed by atoms with Crippen molar-refractivity contribution in [3.05, 3.63) is 69.6 Å². The Morgan fingerprint density at radius 3 is 2.47 bits per heavy atom. The molecule has 34 heavy (non-hydrogen) atoms. The lowest BCUT2D eigenvalue weighted by molar-refractivity contribution is -0.127. The molecule has 1 heterocycles. The van der Waals surface area contributed by atoms with Crippen molar-refractivity contribution in [1.29, 1.82) is 0 Å². The number of hydrogen-bond acceptors (Lipinski definition) is 6. The van der Waals surface area contributed by atoms with E-state index < -0.39 is 18.0 Å². The van der Waals surface area contributed by atoms with Gasteiger partial charge in [-0.2, -0.15) is 0 Å². The normalized spacial score (nSPS) is 11.3. The second kappa shape index (κ2) is 11.3. The van der Waals surface area contributed by atoms with Crippen molar-refractivity contribution in [3.63, 3.8) is 0 Å². The molecule has 2 aromatic carbocycles. The molecule has 10 heteroatoms. The van der Waals surface area contributed by atoms with Gasteiger partial charge in [-0.25, -0.2) is 4.79 Å². The van der Waals surface area contributed by atoms with Crippen LogP contribution in [0.3, 0.4) is 0 Å². The highest BCUT2D eigenvalue weighted by atomic mass is 35.5. The molecule has 3 N–H and O–H groups in total. The molecule has 0 unspecified atom stereocenters. The first-order chi connectivity index (χ1) is 16.2. The lowest BCUT2D eigenvalue weighted by atomic mass is 10.0. The van der Waals surface area contributed by atoms with Gasteiger partial charge in [0.2, 0.25) is 0 Å². The van der Waals surface area contributed by atoms with Crippen LogP contribution in [-0.4, -0.2) is 30.2 Å². The lowest BCUT2D eigenvalue weighted by Crippen LogP contribution is -2.48. The van der Waals surface area contributed by atoms with Crippen molar-refractivity contribution >= 4 is 57.1 Å². The van der Waals surface area contributed by atoms with E-state index >= 15 is 0 Å². The quantitative estimate of drug-likeness (QED) is 0.233. The van der Waals surface area contributed by atoms with Crippen LogP contribution in [0.5, 0.6) is 5.75 Å². The molecule has 0 saturated carbocycles. The van der Waals surface area contributed by atoms with Crippen LogP contribution in [-0.2, 0) is 9.53 Å². The Morgan fingerprint density at radius 1 is 1.09 bits per heavy atom. The Labute approximate surface area is 212 Å². The number of thiocarbonyl (C=S) groups is 1. The summed E-state index contributed by atoms with van der Waals surface area (Å²) >= 11 is 12.8. The molecular formula is C24H24ClN3O4S2. The highest BCUT2D eigenvalue weighted by Crippen LogP contribution is 2.40. The molecule has 0 saturated heterocycles. The van der Waals surface area contributed by atoms with Gasteiger partial charge in [0.25, 0.3) is 5.91 Å². The summed E-state index contributed by atoms with van der Waals surface area (Å²) in [7, 11) is 1.33. The molecule has 0 aliphatic rings. The van der Waals surface area contributed by atoms with E-state index in [-0.39, 0.29) is 5.11 Å². The summed E-state index contributed by atoms with van der Waals surface area (Å²) in [5.41, 5.74) is 8.12. The largest absolute Gasteiger partial charge is 0.479 e. The van der Waals surface area contributed by atoms with Crippen molar-refractivity contribution in [3.8, 4) is 16.9 Å². The fourth-order valence-corrected chi connectivity index (χ4v) is 4.63. The Bertz CT molecular complexity index is 1210. The second-order valence-corrected chi connectivity index (χ2v) is 9.40. The number of rotatable bonds is 6. The third kappa shape index (κ3) is 6.05. The maximum Gasteiger partial charge on any atom is 0.341 e. The topological polar surface area (TPSA) is 88.7 Å². The van der Waals surface area contributed by atoms with Crippen LogP contribution in [0, 0.1) is 13.8 Å². The van der Waals surface area contributed by atoms with Gasteiger partial charge in [-0.3, -0.25) is 15.6 Å². The molecule has 0 bridgehead atoms. The molecule has 0 aliphatic carbocycles. The van der Waals surface area contributed by atoms with E-state index in [1.54, 1.807) is 19.1 Å². The zero-order valence-electron chi connectivity index (χ0n) is 19.0. The van der Waals surface area contributed by atoms with Gasteiger partial charge in [-0.05, 0) is 56.2 Å². The number of benzene rings is 2. The van der Waals surface area contributed by atoms with Crippen molar-refractivity contribution < 1.29 is 19.1 Å². The van der Waals surface area contributed by atoms with E-state index in [0.717, 1.165) is 21.6 Å². The van der Waals surface area contributed by atoms with E-state index in [0.29, 0.717) is 21.3 Å². The maximum absolute atomic E-state index is 12.6. The van der Waals surface area contributed by atoms with Gasteiger partial charge in [0.05, 0.1) is 12.1 Å². The van der Waals surface area contributed by atoms with E-state index in [4.69, 9.17) is 33.3 Å². The molecule has 7 nitrogen and oxygen atoms in total. The minimum absolute atomic E-state index is 0.0974. The summed E-state index contributed by atoms with van der Waals surface area (Å²) in [4.78, 5) is 26.0. The smallest absolute Gasteiger partial charge is 0.341 e. The van der Waals surface area contributed by atoms with Crippen LogP contribution in [0.2, 0.25) is 5.02 Å². The summed E-state index contributed by atoms with van der Waals surface area (Å²) in [5, 5.41) is 3.99. The number of amides is 1. The van der Waals surface area contributed by atoms with Gasteiger partial charge in [0, 0.05) is 10.4 Å². The van der Waals surface area contributed by atoms with Crippen LogP contribution in [0.1, 0.15) is 27.7 Å². The average Bonchev–Trinajstić information content (AvgIpc) is 3.15. The molecule has 0 radical (unpaired) electrons. The number of aryl methyl sites for hydroxylation is 2. The molecule has 0 fully saturated rings. The summed E-state index contributed by atoms with van der Waals surface area (Å²) in [6.45, 7) is 5.41. The van der Waals surface area contributed by atoms with Gasteiger partial charge in [-0.1, -0.05) is 48.0 Å². The monoisotopic (exact) mass is 517 g/mol. The summed E-state index contributed by atoms with van der Waals surface area (Å²) in [5.74, 6) is -0.535. The van der Waals surface area contributed by atoms with Gasteiger partial charge < -0.3 is 14.8 Å². The van der Waals surface area contributed by atoms with Crippen molar-refractivity contribution in [2.45, 2.75) is 26.9 Å². The number of esters is 1. The van der Waals surface area contributed by atoms with Crippen LogP contribution in [0.15, 0.2) is 48.5 Å². The van der Waals surface area contributed by atoms with Gasteiger partial charge in [0.1, 0.15) is 16.3 Å². The number of hydrazine groups is 1. The average molecular weight is 518 g/mol. The first kappa shape index (κ1) is 25.5. The van der Waals surface area contributed by atoms with Crippen LogP contribution >= 0.6 is 35.2 Å². The van der Waals surface area contributed by atoms with Crippen LogP contribution in [0.25, 0.3) is 11.1 Å². The Morgan fingerprint density at radius 2 is 1.79 bits per heavy atom. The Kier molecular flexibility index (Phi) is 8.49. The van der Waals surface area contributed by atoms with Crippen molar-refractivity contribution in [2.24, 2.45) is 0 Å². The van der Waals surface area contributed by atoms with Crippen LogP contribution in [0.4, 0.5) is 5.00 Å². The first-order valence-electron chi connectivity index (χ1n) is 10.3. The standard InChI is InChI=1S/C24H24ClN3O4S2/c1-13-10-11-17(25)18(12-13)32-14(2)21(29)27-28-24(33)26-22-20(23(30)31-4)19(15(3)34-22)16-8-6-5-7-9-16/h5-12,14H,1-4H3,(H,27,29)(H2,26,28,33)/t14-/m1/s1. The van der Waals surface area contributed by atoms with E-state index in [1.165, 1.54) is 18.4 Å².